The number of urea groups is 1. The van der Waals surface area contributed by atoms with E-state index in [9.17, 15) is 4.79 Å². The lowest BCUT2D eigenvalue weighted by atomic mass is 9.97. The summed E-state index contributed by atoms with van der Waals surface area (Å²) in [5.74, 6) is 0. The predicted molar refractivity (Wildman–Crippen MR) is 86.2 cm³/mol. The zero-order valence-electron chi connectivity index (χ0n) is 13.6. The fourth-order valence-corrected chi connectivity index (χ4v) is 2.55. The lowest BCUT2D eigenvalue weighted by Gasteiger charge is -2.40. The fraction of sp³-hybridized carbons (Fsp3) is 0.588. The molecule has 2 amide bonds. The van der Waals surface area contributed by atoms with Gasteiger partial charge in [-0.3, -0.25) is 4.90 Å². The number of likely N-dealkylation sites (N-methyl/N-ethyl adjacent to an activating group) is 1. The summed E-state index contributed by atoms with van der Waals surface area (Å²) in [4.78, 5) is 16.6. The van der Waals surface area contributed by atoms with Crippen molar-refractivity contribution in [2.45, 2.75) is 26.8 Å². The van der Waals surface area contributed by atoms with Crippen LogP contribution in [0.25, 0.3) is 0 Å². The van der Waals surface area contributed by atoms with E-state index in [4.69, 9.17) is 0 Å². The summed E-state index contributed by atoms with van der Waals surface area (Å²) in [5.41, 5.74) is 1.38. The zero-order chi connectivity index (χ0) is 15.5. The molecule has 2 rings (SSSR count). The van der Waals surface area contributed by atoms with Crippen LogP contribution in [-0.2, 0) is 0 Å². The maximum absolute atomic E-state index is 12.3. The van der Waals surface area contributed by atoms with Crippen LogP contribution < -0.4 is 5.32 Å². The monoisotopic (exact) mass is 289 g/mol. The molecule has 1 unspecified atom stereocenters. The first-order chi connectivity index (χ1) is 9.87. The Kier molecular flexibility index (Phi) is 4.88. The second-order valence-corrected chi connectivity index (χ2v) is 7.07. The molecule has 1 aromatic carbocycles. The van der Waals surface area contributed by atoms with Crippen LogP contribution in [0.15, 0.2) is 30.3 Å². The highest BCUT2D eigenvalue weighted by Crippen LogP contribution is 2.23. The number of nitrogens with zero attached hydrogens (tertiary/aromatic N) is 2. The van der Waals surface area contributed by atoms with Gasteiger partial charge in [0.2, 0.25) is 0 Å². The number of hydrogen-bond donors (Lipinski definition) is 1. The van der Waals surface area contributed by atoms with Crippen LogP contribution in [0.3, 0.4) is 0 Å². The number of rotatable bonds is 2. The molecule has 4 heteroatoms. The molecule has 116 valence electrons. The lowest BCUT2D eigenvalue weighted by Crippen LogP contribution is -2.52. The predicted octanol–water partition coefficient (Wildman–Crippen LogP) is 2.73. The van der Waals surface area contributed by atoms with Crippen molar-refractivity contribution >= 4 is 6.03 Å². The largest absolute Gasteiger partial charge is 0.337 e. The molecule has 1 aliphatic heterocycles. The molecule has 1 fully saturated rings. The molecule has 0 aromatic heterocycles. The Bertz CT molecular complexity index is 467. The van der Waals surface area contributed by atoms with Crippen molar-refractivity contribution < 1.29 is 4.79 Å². The summed E-state index contributed by atoms with van der Waals surface area (Å²) in [6.07, 6.45) is 0. The second kappa shape index (κ2) is 6.48. The average Bonchev–Trinajstić information content (AvgIpc) is 2.45. The third-order valence-electron chi connectivity index (χ3n) is 3.89. The SMILES string of the molecule is CN1CCN(C(=O)NCC(C)(C)C)CC1c1ccccc1. The Morgan fingerprint density at radius 1 is 1.24 bits per heavy atom. The number of amides is 2. The highest BCUT2D eigenvalue weighted by atomic mass is 16.2. The van der Waals surface area contributed by atoms with Gasteiger partial charge in [-0.05, 0) is 18.0 Å². The number of nitrogens with one attached hydrogen (secondary N) is 1. The summed E-state index contributed by atoms with van der Waals surface area (Å²) in [6.45, 7) is 9.53. The van der Waals surface area contributed by atoms with Gasteiger partial charge >= 0.3 is 6.03 Å². The van der Waals surface area contributed by atoms with Gasteiger partial charge in [0.1, 0.15) is 0 Å². The Morgan fingerprint density at radius 2 is 1.90 bits per heavy atom. The topological polar surface area (TPSA) is 35.6 Å². The molecule has 0 spiro atoms. The molecule has 1 heterocycles. The molecule has 1 aliphatic rings. The fourth-order valence-electron chi connectivity index (χ4n) is 2.55. The van der Waals surface area contributed by atoms with Crippen LogP contribution in [-0.4, -0.2) is 49.1 Å². The summed E-state index contributed by atoms with van der Waals surface area (Å²) in [5, 5.41) is 3.05. The molecular formula is C17H27N3O. The van der Waals surface area contributed by atoms with E-state index < -0.39 is 0 Å². The van der Waals surface area contributed by atoms with E-state index in [0.717, 1.165) is 19.6 Å². The standard InChI is InChI=1S/C17H27N3O/c1-17(2,3)13-18-16(21)20-11-10-19(4)15(12-20)14-8-6-5-7-9-14/h5-9,15H,10-13H2,1-4H3,(H,18,21). The van der Waals surface area contributed by atoms with E-state index >= 15 is 0 Å². The van der Waals surface area contributed by atoms with Gasteiger partial charge in [-0.15, -0.1) is 0 Å². The van der Waals surface area contributed by atoms with Crippen molar-refractivity contribution in [2.24, 2.45) is 5.41 Å². The third-order valence-corrected chi connectivity index (χ3v) is 3.89. The van der Waals surface area contributed by atoms with Crippen molar-refractivity contribution in [3.05, 3.63) is 35.9 Å². The number of carbonyl (C=O) groups is 1. The summed E-state index contributed by atoms with van der Waals surface area (Å²) < 4.78 is 0. The molecule has 0 saturated carbocycles. The summed E-state index contributed by atoms with van der Waals surface area (Å²) in [7, 11) is 2.13. The number of carbonyl (C=O) groups excluding carboxylic acids is 1. The smallest absolute Gasteiger partial charge is 0.317 e. The van der Waals surface area contributed by atoms with E-state index in [0.29, 0.717) is 6.54 Å². The van der Waals surface area contributed by atoms with Crippen LogP contribution in [0.1, 0.15) is 32.4 Å². The van der Waals surface area contributed by atoms with Gasteiger partial charge in [0.05, 0.1) is 6.04 Å². The molecular weight excluding hydrogens is 262 g/mol. The van der Waals surface area contributed by atoms with Crippen LogP contribution in [0.2, 0.25) is 0 Å². The normalized spacial score (nSPS) is 20.4. The van der Waals surface area contributed by atoms with Gasteiger partial charge in [-0.1, -0.05) is 51.1 Å². The Hall–Kier alpha value is -1.55. The summed E-state index contributed by atoms with van der Waals surface area (Å²) >= 11 is 0. The first-order valence-corrected chi connectivity index (χ1v) is 7.65. The molecule has 4 nitrogen and oxygen atoms in total. The third kappa shape index (κ3) is 4.46. The second-order valence-electron chi connectivity index (χ2n) is 7.07. The molecule has 1 aromatic rings. The molecule has 0 aliphatic carbocycles. The number of hydrogen-bond acceptors (Lipinski definition) is 2. The molecule has 21 heavy (non-hydrogen) atoms. The van der Waals surface area contributed by atoms with Gasteiger partial charge in [0.25, 0.3) is 0 Å². The first kappa shape index (κ1) is 15.8. The van der Waals surface area contributed by atoms with Gasteiger partial charge < -0.3 is 10.2 Å². The van der Waals surface area contributed by atoms with Crippen LogP contribution in [0.4, 0.5) is 4.79 Å². The quantitative estimate of drug-likeness (QED) is 0.908. The van der Waals surface area contributed by atoms with Crippen molar-refractivity contribution in [3.8, 4) is 0 Å². The minimum atomic E-state index is 0.0546. The van der Waals surface area contributed by atoms with Crippen molar-refractivity contribution in [1.82, 2.24) is 15.1 Å². The summed E-state index contributed by atoms with van der Waals surface area (Å²) in [6, 6.07) is 10.7. The molecule has 1 saturated heterocycles. The number of benzene rings is 1. The molecule has 0 radical (unpaired) electrons. The van der Waals surface area contributed by atoms with E-state index in [1.807, 2.05) is 11.0 Å². The highest BCUT2D eigenvalue weighted by Gasteiger charge is 2.28. The Morgan fingerprint density at radius 3 is 2.52 bits per heavy atom. The minimum absolute atomic E-state index is 0.0546. The van der Waals surface area contributed by atoms with Gasteiger partial charge in [-0.2, -0.15) is 0 Å². The minimum Gasteiger partial charge on any atom is -0.337 e. The van der Waals surface area contributed by atoms with E-state index in [-0.39, 0.29) is 17.5 Å². The highest BCUT2D eigenvalue weighted by molar-refractivity contribution is 5.74. The van der Waals surface area contributed by atoms with E-state index in [1.165, 1.54) is 5.56 Å². The van der Waals surface area contributed by atoms with Crippen LogP contribution >= 0.6 is 0 Å². The van der Waals surface area contributed by atoms with Crippen molar-refractivity contribution in [3.63, 3.8) is 0 Å². The van der Waals surface area contributed by atoms with Gasteiger partial charge in [-0.25, -0.2) is 4.79 Å². The average molecular weight is 289 g/mol. The van der Waals surface area contributed by atoms with Gasteiger partial charge in [0, 0.05) is 26.2 Å². The molecule has 1 atom stereocenters. The number of piperazine rings is 1. The van der Waals surface area contributed by atoms with Crippen molar-refractivity contribution in [2.75, 3.05) is 33.2 Å². The maximum Gasteiger partial charge on any atom is 0.317 e. The zero-order valence-corrected chi connectivity index (χ0v) is 13.6. The molecule has 0 bridgehead atoms. The lowest BCUT2D eigenvalue weighted by molar-refractivity contribution is 0.108. The molecule has 1 N–H and O–H groups in total. The van der Waals surface area contributed by atoms with Crippen LogP contribution in [0.5, 0.6) is 0 Å². The van der Waals surface area contributed by atoms with Gasteiger partial charge in [0.15, 0.2) is 0 Å². The van der Waals surface area contributed by atoms with Crippen LogP contribution in [0, 0.1) is 5.41 Å². The Balaban J connectivity index is 1.99. The van der Waals surface area contributed by atoms with E-state index in [1.54, 1.807) is 0 Å². The Labute approximate surface area is 128 Å². The van der Waals surface area contributed by atoms with Crippen molar-refractivity contribution in [1.29, 1.82) is 0 Å². The first-order valence-electron chi connectivity index (χ1n) is 7.65. The maximum atomic E-state index is 12.3. The van der Waals surface area contributed by atoms with E-state index in [2.05, 4.69) is 62.3 Å².